The fraction of sp³-hybridized carbons (Fsp3) is 0.200. The summed E-state index contributed by atoms with van der Waals surface area (Å²) in [6, 6.07) is 11.6. The maximum atomic E-state index is 10.8. The van der Waals surface area contributed by atoms with E-state index in [0.29, 0.717) is 22.8 Å². The molecule has 0 amide bonds. The third-order valence-corrected chi connectivity index (χ3v) is 3.35. The van der Waals surface area contributed by atoms with E-state index in [1.807, 2.05) is 18.2 Å². The number of benzene rings is 2. The third-order valence-electron chi connectivity index (χ3n) is 2.98. The number of hydrogen-bond donors (Lipinski definition) is 1. The Bertz CT molecular complexity index is 645. The summed E-state index contributed by atoms with van der Waals surface area (Å²) < 4.78 is 5.67. The first-order valence-electron chi connectivity index (χ1n) is 6.36. The van der Waals surface area contributed by atoms with E-state index < -0.39 is 4.92 Å². The summed E-state index contributed by atoms with van der Waals surface area (Å²) in [5.41, 5.74) is 1.40. The van der Waals surface area contributed by atoms with Crippen molar-refractivity contribution in [2.24, 2.45) is 0 Å². The summed E-state index contributed by atoms with van der Waals surface area (Å²) >= 11 is 6.03. The number of halogens is 1. The van der Waals surface area contributed by atoms with Crippen LogP contribution in [0, 0.1) is 10.1 Å². The highest BCUT2D eigenvalue weighted by atomic mass is 35.5. The second-order valence-electron chi connectivity index (χ2n) is 4.40. The van der Waals surface area contributed by atoms with Crippen molar-refractivity contribution in [3.8, 4) is 5.75 Å². The van der Waals surface area contributed by atoms with Gasteiger partial charge in [-0.25, -0.2) is 0 Å². The highest BCUT2D eigenvalue weighted by molar-refractivity contribution is 6.31. The first-order chi connectivity index (χ1) is 10.1. The minimum atomic E-state index is -0.473. The standard InChI is InChI=1S/C15H14ClNO4/c16-14-6-5-13(17(19)20)9-12(14)10-21-15-4-2-1-3-11(15)7-8-18/h1-6,9,18H,7-8,10H2. The van der Waals surface area contributed by atoms with E-state index in [1.54, 1.807) is 6.07 Å². The first kappa shape index (κ1) is 15.3. The number of aliphatic hydroxyl groups is 1. The number of ether oxygens (including phenoxy) is 1. The molecule has 21 heavy (non-hydrogen) atoms. The zero-order chi connectivity index (χ0) is 15.2. The summed E-state index contributed by atoms with van der Waals surface area (Å²) in [6.07, 6.45) is 0.485. The van der Waals surface area contributed by atoms with Crippen LogP contribution in [-0.4, -0.2) is 16.6 Å². The lowest BCUT2D eigenvalue weighted by Crippen LogP contribution is -2.01. The van der Waals surface area contributed by atoms with Crippen LogP contribution in [-0.2, 0) is 13.0 Å². The van der Waals surface area contributed by atoms with Crippen molar-refractivity contribution >= 4 is 17.3 Å². The van der Waals surface area contributed by atoms with Crippen molar-refractivity contribution in [2.45, 2.75) is 13.0 Å². The average molecular weight is 308 g/mol. The summed E-state index contributed by atoms with van der Waals surface area (Å²) in [4.78, 5) is 10.3. The molecule has 2 rings (SSSR count). The molecule has 1 N–H and O–H groups in total. The van der Waals surface area contributed by atoms with Crippen LogP contribution in [0.25, 0.3) is 0 Å². The van der Waals surface area contributed by atoms with Crippen LogP contribution in [0.15, 0.2) is 42.5 Å². The molecule has 0 spiro atoms. The number of nitrogens with zero attached hydrogens (tertiary/aromatic N) is 1. The molecule has 2 aromatic rings. The molecule has 0 aliphatic rings. The molecule has 0 bridgehead atoms. The van der Waals surface area contributed by atoms with Crippen LogP contribution < -0.4 is 4.74 Å². The molecule has 2 aromatic carbocycles. The van der Waals surface area contributed by atoms with Crippen LogP contribution in [0.2, 0.25) is 5.02 Å². The summed E-state index contributed by atoms with van der Waals surface area (Å²) in [5.74, 6) is 0.633. The minimum absolute atomic E-state index is 0.0257. The van der Waals surface area contributed by atoms with Gasteiger partial charge in [-0.1, -0.05) is 29.8 Å². The molecular formula is C15H14ClNO4. The maximum absolute atomic E-state index is 10.8. The Labute approximate surface area is 126 Å². The van der Waals surface area contributed by atoms with Crippen molar-refractivity contribution in [3.05, 3.63) is 68.7 Å². The van der Waals surface area contributed by atoms with E-state index in [9.17, 15) is 10.1 Å². The van der Waals surface area contributed by atoms with Crippen molar-refractivity contribution in [3.63, 3.8) is 0 Å². The highest BCUT2D eigenvalue weighted by Crippen LogP contribution is 2.25. The third kappa shape index (κ3) is 3.93. The molecule has 0 atom stereocenters. The number of rotatable bonds is 6. The van der Waals surface area contributed by atoms with Gasteiger partial charge in [-0.3, -0.25) is 10.1 Å². The Morgan fingerprint density at radius 2 is 1.95 bits per heavy atom. The van der Waals surface area contributed by atoms with E-state index >= 15 is 0 Å². The SMILES string of the molecule is O=[N+]([O-])c1ccc(Cl)c(COc2ccccc2CCO)c1. The molecule has 0 fully saturated rings. The first-order valence-corrected chi connectivity index (χ1v) is 6.74. The lowest BCUT2D eigenvalue weighted by molar-refractivity contribution is -0.384. The molecule has 0 aliphatic carbocycles. The van der Waals surface area contributed by atoms with Crippen molar-refractivity contribution in [1.29, 1.82) is 0 Å². The maximum Gasteiger partial charge on any atom is 0.269 e. The Hall–Kier alpha value is -2.11. The van der Waals surface area contributed by atoms with Crippen LogP contribution in [0.3, 0.4) is 0 Å². The lowest BCUT2D eigenvalue weighted by atomic mass is 10.1. The van der Waals surface area contributed by atoms with Crippen LogP contribution in [0.4, 0.5) is 5.69 Å². The van der Waals surface area contributed by atoms with Gasteiger partial charge in [-0.2, -0.15) is 0 Å². The van der Waals surface area contributed by atoms with Gasteiger partial charge >= 0.3 is 0 Å². The number of hydrogen-bond acceptors (Lipinski definition) is 4. The molecular weight excluding hydrogens is 294 g/mol. The van der Waals surface area contributed by atoms with E-state index in [0.717, 1.165) is 5.56 Å². The zero-order valence-electron chi connectivity index (χ0n) is 11.2. The second-order valence-corrected chi connectivity index (χ2v) is 4.81. The molecule has 6 heteroatoms. The zero-order valence-corrected chi connectivity index (χ0v) is 11.9. The fourth-order valence-corrected chi connectivity index (χ4v) is 2.08. The monoisotopic (exact) mass is 307 g/mol. The van der Waals surface area contributed by atoms with Gasteiger partial charge in [0, 0.05) is 29.3 Å². The van der Waals surface area contributed by atoms with Gasteiger partial charge in [-0.05, 0) is 24.1 Å². The molecule has 0 saturated heterocycles. The second kappa shape index (κ2) is 7.06. The van der Waals surface area contributed by atoms with Crippen LogP contribution in [0.1, 0.15) is 11.1 Å². The summed E-state index contributed by atoms with van der Waals surface area (Å²) in [5, 5.41) is 20.2. The van der Waals surface area contributed by atoms with Crippen molar-refractivity contribution in [1.82, 2.24) is 0 Å². The smallest absolute Gasteiger partial charge is 0.269 e. The van der Waals surface area contributed by atoms with Crippen molar-refractivity contribution in [2.75, 3.05) is 6.61 Å². The topological polar surface area (TPSA) is 72.6 Å². The number of para-hydroxylation sites is 1. The normalized spacial score (nSPS) is 10.4. The van der Waals surface area contributed by atoms with Gasteiger partial charge < -0.3 is 9.84 Å². The molecule has 110 valence electrons. The molecule has 0 saturated carbocycles. The molecule has 0 heterocycles. The Morgan fingerprint density at radius 3 is 2.67 bits per heavy atom. The molecule has 0 aliphatic heterocycles. The fourth-order valence-electron chi connectivity index (χ4n) is 1.91. The van der Waals surface area contributed by atoms with Gasteiger partial charge in [0.1, 0.15) is 12.4 Å². The van der Waals surface area contributed by atoms with Crippen molar-refractivity contribution < 1.29 is 14.8 Å². The highest BCUT2D eigenvalue weighted by Gasteiger charge is 2.11. The molecule has 0 aromatic heterocycles. The largest absolute Gasteiger partial charge is 0.489 e. The van der Waals surface area contributed by atoms with Gasteiger partial charge in [0.25, 0.3) is 5.69 Å². The molecule has 0 radical (unpaired) electrons. The van der Waals surface area contributed by atoms with Gasteiger partial charge in [-0.15, -0.1) is 0 Å². The summed E-state index contributed by atoms with van der Waals surface area (Å²) in [7, 11) is 0. The number of nitro groups is 1. The van der Waals surface area contributed by atoms with Gasteiger partial charge in [0.2, 0.25) is 0 Å². The van der Waals surface area contributed by atoms with Crippen LogP contribution >= 0.6 is 11.6 Å². The number of non-ortho nitro benzene ring substituents is 1. The van der Waals surface area contributed by atoms with E-state index in [4.69, 9.17) is 21.4 Å². The van der Waals surface area contributed by atoms with Crippen LogP contribution in [0.5, 0.6) is 5.75 Å². The Balaban J connectivity index is 2.16. The minimum Gasteiger partial charge on any atom is -0.489 e. The van der Waals surface area contributed by atoms with E-state index in [2.05, 4.69) is 0 Å². The van der Waals surface area contributed by atoms with E-state index in [-0.39, 0.29) is 18.9 Å². The van der Waals surface area contributed by atoms with Gasteiger partial charge in [0.15, 0.2) is 0 Å². The predicted octanol–water partition coefficient (Wildman–Crippen LogP) is 3.36. The predicted molar refractivity (Wildman–Crippen MR) is 79.7 cm³/mol. The van der Waals surface area contributed by atoms with Gasteiger partial charge in [0.05, 0.1) is 4.92 Å². The number of nitro benzene ring substituents is 1. The van der Waals surface area contributed by atoms with E-state index in [1.165, 1.54) is 18.2 Å². The number of aliphatic hydroxyl groups excluding tert-OH is 1. The Kier molecular flexibility index (Phi) is 5.14. The quantitative estimate of drug-likeness (QED) is 0.656. The summed E-state index contributed by atoms with van der Waals surface area (Å²) in [6.45, 7) is 0.154. The lowest BCUT2D eigenvalue weighted by Gasteiger charge is -2.11. The molecule has 0 unspecified atom stereocenters. The average Bonchev–Trinajstić information content (AvgIpc) is 2.48. The molecule has 5 nitrogen and oxygen atoms in total. The Morgan fingerprint density at radius 1 is 1.19 bits per heavy atom.